The number of furan rings is 1. The van der Waals surface area contributed by atoms with Crippen LogP contribution in [0.2, 0.25) is 19.6 Å². The molecule has 319 valence electrons. The maximum absolute atomic E-state index is 12.8. The first-order chi connectivity index (χ1) is 32.2. The molecule has 0 atom stereocenters. The Bertz CT molecular complexity index is 3470. The fraction of sp³-hybridized carbons (Fsp3) is 0.204. The van der Waals surface area contributed by atoms with Crippen molar-refractivity contribution in [2.45, 2.75) is 72.9 Å². The number of hydrogen-bond acceptors (Lipinski definition) is 5. The summed E-state index contributed by atoms with van der Waals surface area (Å²) in [5.41, 5.74) is 10.0. The zero-order chi connectivity index (χ0) is 48.4. The minimum absolute atomic E-state index is 0. The number of aryl methyl sites for hydroxylation is 2. The van der Waals surface area contributed by atoms with Crippen LogP contribution in [0.5, 0.6) is 0 Å². The van der Waals surface area contributed by atoms with Gasteiger partial charge >= 0.3 is 0 Å². The fourth-order valence-electron chi connectivity index (χ4n) is 8.09. The number of para-hydroxylation sites is 1. The summed E-state index contributed by atoms with van der Waals surface area (Å²) >= 11 is 0. The Kier molecular flexibility index (Phi) is 10.0. The van der Waals surface area contributed by atoms with E-state index in [4.69, 9.17) is 22.0 Å². The molecule has 0 saturated heterocycles. The van der Waals surface area contributed by atoms with E-state index in [9.17, 15) is 4.39 Å². The van der Waals surface area contributed by atoms with Gasteiger partial charge in [-0.2, -0.15) is 0 Å². The molecule has 0 bridgehead atoms. The van der Waals surface area contributed by atoms with Crippen LogP contribution in [0.4, 0.5) is 4.39 Å². The molecular weight excluding hydrogens is 976 g/mol. The van der Waals surface area contributed by atoms with Gasteiger partial charge in [-0.15, -0.1) is 48.0 Å². The molecular formula is C54H49FIrN4O2Si-2. The predicted octanol–water partition coefficient (Wildman–Crippen LogP) is 14.3. The Labute approximate surface area is 391 Å². The van der Waals surface area contributed by atoms with Crippen LogP contribution >= 0.6 is 0 Å². The van der Waals surface area contributed by atoms with Crippen molar-refractivity contribution in [3.05, 3.63) is 162 Å². The van der Waals surface area contributed by atoms with Crippen LogP contribution in [-0.4, -0.2) is 27.6 Å². The molecule has 1 radical (unpaired) electrons. The second kappa shape index (κ2) is 17.3. The predicted molar refractivity (Wildman–Crippen MR) is 255 cm³/mol. The Balaban J connectivity index is 0.000000301. The molecule has 4 heterocycles. The van der Waals surface area contributed by atoms with Gasteiger partial charge in [0.1, 0.15) is 0 Å². The van der Waals surface area contributed by atoms with Gasteiger partial charge in [0.15, 0.2) is 22.6 Å². The van der Waals surface area contributed by atoms with Gasteiger partial charge in [-0.1, -0.05) is 112 Å². The fourth-order valence-corrected chi connectivity index (χ4v) is 9.24. The van der Waals surface area contributed by atoms with Crippen LogP contribution in [0.1, 0.15) is 70.3 Å². The zero-order valence-electron chi connectivity index (χ0n) is 42.0. The van der Waals surface area contributed by atoms with Crippen molar-refractivity contribution in [3.63, 3.8) is 0 Å². The Hall–Kier alpha value is -5.99. The summed E-state index contributed by atoms with van der Waals surface area (Å²) < 4.78 is 76.3. The number of fused-ring (bicyclic) bond motifs is 6. The van der Waals surface area contributed by atoms with E-state index in [-0.39, 0.29) is 49.2 Å². The van der Waals surface area contributed by atoms with Gasteiger partial charge in [0.05, 0.1) is 30.5 Å². The van der Waals surface area contributed by atoms with Crippen LogP contribution < -0.4 is 5.19 Å². The molecule has 0 aliphatic rings. The maximum atomic E-state index is 12.8. The van der Waals surface area contributed by atoms with E-state index in [1.54, 1.807) is 30.3 Å². The van der Waals surface area contributed by atoms with E-state index in [1.165, 1.54) is 17.3 Å². The SMILES string of the molecule is C[Si](C)(C)c1ccnc(-c2[c-]cc(F)cc2)c1.[2H]C([2H])([2H])c1nc2c(ccc3c4cc[c-]c(-c5nc6cccc(C([2H])([2H])[2H])c6n5-c5c(C(C)C)cc(-c6ccccc6)cc5C(C)C)c4oc32)o1.[Ir]. The zero-order valence-corrected chi connectivity index (χ0v) is 39.4. The number of aromatic nitrogens is 4. The van der Waals surface area contributed by atoms with Crippen molar-refractivity contribution in [1.82, 2.24) is 19.5 Å². The number of imidazole rings is 1. The van der Waals surface area contributed by atoms with E-state index < -0.39 is 21.8 Å². The van der Waals surface area contributed by atoms with E-state index in [2.05, 4.69) is 106 Å². The average molecular weight is 1030 g/mol. The average Bonchev–Trinajstić information content (AvgIpc) is 4.03. The minimum Gasteiger partial charge on any atom is -0.498 e. The normalized spacial score (nSPS) is 13.6. The van der Waals surface area contributed by atoms with Gasteiger partial charge < -0.3 is 18.4 Å². The number of pyridine rings is 1. The first-order valence-corrected chi connectivity index (χ1v) is 24.3. The summed E-state index contributed by atoms with van der Waals surface area (Å²) in [6, 6.07) is 42.0. The molecule has 0 saturated carbocycles. The van der Waals surface area contributed by atoms with E-state index >= 15 is 0 Å². The van der Waals surface area contributed by atoms with E-state index in [0.717, 1.165) is 50.0 Å². The Morgan fingerprint density at radius 1 is 0.746 bits per heavy atom. The van der Waals surface area contributed by atoms with Crippen molar-refractivity contribution in [3.8, 4) is 39.5 Å². The molecule has 0 unspecified atom stereocenters. The van der Waals surface area contributed by atoms with Crippen LogP contribution in [0.15, 0.2) is 130 Å². The van der Waals surface area contributed by atoms with Crippen molar-refractivity contribution in [2.24, 2.45) is 0 Å². The van der Waals surface area contributed by atoms with Crippen LogP contribution in [-0.2, 0) is 20.1 Å². The first kappa shape index (κ1) is 36.5. The topological polar surface area (TPSA) is 69.9 Å². The molecule has 0 aliphatic heterocycles. The standard InChI is InChI=1S/C40H34N3O2.C14H15FNSi.Ir/c1-22(2)31-20-27(26-13-8-7-9-14-26)21-32(23(3)4)37(31)43-36-24(5)12-10-17-33(36)42-40(43)30-16-11-15-28-29-18-19-34-35(41-25(6)44-34)39(29)45-38(28)30;1-17(2,3)13-8-9-16-14(10-13)11-4-6-12(15)7-5-11;/h7-15,17-23H,1-6H3;4,6-10H,1-3H3;/q2*-1;/i5D3,6D3;;. The summed E-state index contributed by atoms with van der Waals surface area (Å²) in [5.74, 6) is -0.0367. The van der Waals surface area contributed by atoms with Gasteiger partial charge in [-0.05, 0) is 88.6 Å². The molecule has 0 spiro atoms. The van der Waals surface area contributed by atoms with Crippen molar-refractivity contribution < 1.29 is 41.6 Å². The third kappa shape index (κ3) is 8.22. The Morgan fingerprint density at radius 2 is 1.51 bits per heavy atom. The molecule has 0 fully saturated rings. The smallest absolute Gasteiger partial charge is 0.192 e. The number of benzene rings is 6. The number of oxazole rings is 1. The van der Waals surface area contributed by atoms with Gasteiger partial charge in [0.2, 0.25) is 0 Å². The Morgan fingerprint density at radius 3 is 2.19 bits per heavy atom. The van der Waals surface area contributed by atoms with Crippen LogP contribution in [0.3, 0.4) is 0 Å². The third-order valence-corrected chi connectivity index (χ3v) is 13.3. The second-order valence-electron chi connectivity index (χ2n) is 17.2. The monoisotopic (exact) mass is 1030 g/mol. The van der Waals surface area contributed by atoms with Crippen molar-refractivity contribution >= 4 is 57.3 Å². The molecule has 10 rings (SSSR count). The number of halogens is 1. The van der Waals surface area contributed by atoms with Crippen molar-refractivity contribution in [2.75, 3.05) is 0 Å². The molecule has 6 nitrogen and oxygen atoms in total. The molecule has 6 aromatic carbocycles. The molecule has 0 amide bonds. The summed E-state index contributed by atoms with van der Waals surface area (Å²) in [6.45, 7) is 10.5. The van der Waals surface area contributed by atoms with Crippen LogP contribution in [0.25, 0.3) is 83.5 Å². The summed E-state index contributed by atoms with van der Waals surface area (Å²) in [6.07, 6.45) is 1.82. The first-order valence-electron chi connectivity index (χ1n) is 23.8. The number of nitrogens with zero attached hydrogens (tertiary/aromatic N) is 4. The van der Waals surface area contributed by atoms with Crippen LogP contribution in [0, 0.1) is 31.7 Å². The molecule has 0 N–H and O–H groups in total. The van der Waals surface area contributed by atoms with Crippen molar-refractivity contribution in [1.29, 1.82) is 0 Å². The second-order valence-corrected chi connectivity index (χ2v) is 22.3. The molecule has 10 aromatic rings. The summed E-state index contributed by atoms with van der Waals surface area (Å²) in [4.78, 5) is 13.8. The van der Waals surface area contributed by atoms with Gasteiger partial charge in [0, 0.05) is 58.3 Å². The van der Waals surface area contributed by atoms with Gasteiger partial charge in [-0.25, -0.2) is 4.98 Å². The van der Waals surface area contributed by atoms with Gasteiger partial charge in [0.25, 0.3) is 0 Å². The summed E-state index contributed by atoms with van der Waals surface area (Å²) in [5, 5.41) is 2.82. The molecule has 9 heteroatoms. The minimum atomic E-state index is -2.53. The quantitative estimate of drug-likeness (QED) is 0.117. The molecule has 4 aromatic heterocycles. The van der Waals surface area contributed by atoms with E-state index in [0.29, 0.717) is 44.7 Å². The van der Waals surface area contributed by atoms with Gasteiger partial charge in [-0.3, -0.25) is 9.37 Å². The largest absolute Gasteiger partial charge is 0.498 e. The summed E-state index contributed by atoms with van der Waals surface area (Å²) in [7, 11) is -1.34. The van der Waals surface area contributed by atoms with E-state index in [1.807, 2.05) is 47.2 Å². The maximum Gasteiger partial charge on any atom is 0.192 e. The molecule has 63 heavy (non-hydrogen) atoms. The third-order valence-electron chi connectivity index (χ3n) is 11.3. The molecule has 0 aliphatic carbocycles. The number of rotatable bonds is 7. The number of hydrogen-bond donors (Lipinski definition) is 0.